The van der Waals surface area contributed by atoms with E-state index in [1.54, 1.807) is 13.2 Å². The summed E-state index contributed by atoms with van der Waals surface area (Å²) >= 11 is 0. The Morgan fingerprint density at radius 1 is 1.44 bits per heavy atom. The van der Waals surface area contributed by atoms with Gasteiger partial charge in [0.05, 0.1) is 18.7 Å². The third-order valence-electron chi connectivity index (χ3n) is 2.81. The monoisotopic (exact) mass is 244 g/mol. The first-order valence-electron chi connectivity index (χ1n) is 6.25. The van der Waals surface area contributed by atoms with Gasteiger partial charge in [-0.05, 0) is 38.3 Å². The second-order valence-corrected chi connectivity index (χ2v) is 4.41. The minimum atomic E-state index is 0.606. The van der Waals surface area contributed by atoms with Gasteiger partial charge in [-0.2, -0.15) is 5.26 Å². The van der Waals surface area contributed by atoms with Crippen LogP contribution in [0.25, 0.3) is 0 Å². The van der Waals surface area contributed by atoms with E-state index in [9.17, 15) is 0 Å². The summed E-state index contributed by atoms with van der Waals surface area (Å²) in [7, 11) is 1.61. The molecule has 3 nitrogen and oxygen atoms in total. The standard InChI is InChI=1S/C15H20N2O/c1-5-6-7-12(3)17-15-11(2)8-13(10-16)9-14(15)18-4/h8-9H,5-7H2,1-4H3. The third kappa shape index (κ3) is 3.59. The van der Waals surface area contributed by atoms with Crippen LogP contribution in [0.3, 0.4) is 0 Å². The van der Waals surface area contributed by atoms with Gasteiger partial charge in [0.2, 0.25) is 0 Å². The van der Waals surface area contributed by atoms with Crippen molar-refractivity contribution in [3.05, 3.63) is 23.3 Å². The number of aryl methyl sites for hydroxylation is 1. The van der Waals surface area contributed by atoms with Crippen LogP contribution in [0.4, 0.5) is 5.69 Å². The predicted octanol–water partition coefficient (Wildman–Crippen LogP) is 4.16. The Morgan fingerprint density at radius 2 is 2.17 bits per heavy atom. The third-order valence-corrected chi connectivity index (χ3v) is 2.81. The van der Waals surface area contributed by atoms with Gasteiger partial charge < -0.3 is 4.74 Å². The van der Waals surface area contributed by atoms with E-state index >= 15 is 0 Å². The highest BCUT2D eigenvalue weighted by molar-refractivity contribution is 5.86. The molecule has 0 saturated carbocycles. The fourth-order valence-electron chi connectivity index (χ4n) is 1.79. The molecule has 1 rings (SSSR count). The number of benzene rings is 1. The van der Waals surface area contributed by atoms with Crippen molar-refractivity contribution in [3.63, 3.8) is 0 Å². The summed E-state index contributed by atoms with van der Waals surface area (Å²) in [5.74, 6) is 0.669. The van der Waals surface area contributed by atoms with Gasteiger partial charge in [0.25, 0.3) is 0 Å². The Morgan fingerprint density at radius 3 is 2.72 bits per heavy atom. The molecular formula is C15H20N2O. The van der Waals surface area contributed by atoms with Crippen molar-refractivity contribution in [2.24, 2.45) is 4.99 Å². The molecular weight excluding hydrogens is 224 g/mol. The second-order valence-electron chi connectivity index (χ2n) is 4.41. The summed E-state index contributed by atoms with van der Waals surface area (Å²) in [6.45, 7) is 6.16. The van der Waals surface area contributed by atoms with Crippen molar-refractivity contribution in [2.75, 3.05) is 7.11 Å². The normalized spacial score (nSPS) is 11.2. The lowest BCUT2D eigenvalue weighted by Crippen LogP contribution is -1.93. The molecule has 18 heavy (non-hydrogen) atoms. The SMILES string of the molecule is CCCCC(C)=Nc1c(C)cc(C#N)cc1OC. The van der Waals surface area contributed by atoms with E-state index in [1.165, 1.54) is 0 Å². The zero-order valence-corrected chi connectivity index (χ0v) is 11.6. The van der Waals surface area contributed by atoms with Crippen LogP contribution >= 0.6 is 0 Å². The number of unbranched alkanes of at least 4 members (excludes halogenated alkanes) is 1. The minimum absolute atomic E-state index is 0.606. The van der Waals surface area contributed by atoms with Gasteiger partial charge in [0.1, 0.15) is 11.4 Å². The van der Waals surface area contributed by atoms with Crippen LogP contribution in [-0.4, -0.2) is 12.8 Å². The Hall–Kier alpha value is -1.82. The van der Waals surface area contributed by atoms with Gasteiger partial charge in [-0.3, -0.25) is 4.99 Å². The maximum Gasteiger partial charge on any atom is 0.146 e. The highest BCUT2D eigenvalue weighted by atomic mass is 16.5. The van der Waals surface area contributed by atoms with E-state index in [0.717, 1.165) is 36.2 Å². The summed E-state index contributed by atoms with van der Waals surface area (Å²) in [6, 6.07) is 5.71. The minimum Gasteiger partial charge on any atom is -0.494 e. The molecule has 0 fully saturated rings. The molecule has 0 saturated heterocycles. The number of hydrogen-bond donors (Lipinski definition) is 0. The molecule has 96 valence electrons. The average Bonchev–Trinajstić information content (AvgIpc) is 2.38. The van der Waals surface area contributed by atoms with Crippen LogP contribution in [0.15, 0.2) is 17.1 Å². The van der Waals surface area contributed by atoms with Crippen LogP contribution in [-0.2, 0) is 0 Å². The smallest absolute Gasteiger partial charge is 0.146 e. The van der Waals surface area contributed by atoms with Gasteiger partial charge in [-0.1, -0.05) is 13.3 Å². The predicted molar refractivity (Wildman–Crippen MR) is 74.7 cm³/mol. The van der Waals surface area contributed by atoms with Crippen molar-refractivity contribution in [1.82, 2.24) is 0 Å². The Bertz CT molecular complexity index is 484. The number of nitriles is 1. The van der Waals surface area contributed by atoms with E-state index in [-0.39, 0.29) is 0 Å². The molecule has 0 atom stereocenters. The molecule has 3 heteroatoms. The van der Waals surface area contributed by atoms with Crippen molar-refractivity contribution < 1.29 is 4.74 Å². The lowest BCUT2D eigenvalue weighted by Gasteiger charge is -2.09. The van der Waals surface area contributed by atoms with E-state index in [1.807, 2.05) is 19.9 Å². The molecule has 0 spiro atoms. The first-order valence-corrected chi connectivity index (χ1v) is 6.25. The average molecular weight is 244 g/mol. The summed E-state index contributed by atoms with van der Waals surface area (Å²) in [5.41, 5.74) is 3.52. The Kier molecular flexibility index (Phi) is 5.38. The number of aliphatic imine (C=N–C) groups is 1. The highest BCUT2D eigenvalue weighted by Crippen LogP contribution is 2.32. The van der Waals surface area contributed by atoms with E-state index in [4.69, 9.17) is 10.00 Å². The molecule has 0 N–H and O–H groups in total. The fourth-order valence-corrected chi connectivity index (χ4v) is 1.79. The summed E-state index contributed by atoms with van der Waals surface area (Å²) in [6.07, 6.45) is 3.31. The van der Waals surface area contributed by atoms with Gasteiger partial charge >= 0.3 is 0 Å². The van der Waals surface area contributed by atoms with Crippen LogP contribution in [0.2, 0.25) is 0 Å². The van der Waals surface area contributed by atoms with E-state index in [0.29, 0.717) is 11.3 Å². The molecule has 0 aliphatic carbocycles. The Labute approximate surface area is 109 Å². The largest absolute Gasteiger partial charge is 0.494 e. The lowest BCUT2D eigenvalue weighted by molar-refractivity contribution is 0.415. The maximum absolute atomic E-state index is 8.93. The van der Waals surface area contributed by atoms with Crippen LogP contribution in [0.5, 0.6) is 5.75 Å². The molecule has 1 aromatic rings. The fraction of sp³-hybridized carbons (Fsp3) is 0.467. The number of nitrogens with zero attached hydrogens (tertiary/aromatic N) is 2. The number of hydrogen-bond acceptors (Lipinski definition) is 3. The first-order chi connectivity index (χ1) is 8.62. The first kappa shape index (κ1) is 14.2. The van der Waals surface area contributed by atoms with E-state index in [2.05, 4.69) is 18.0 Å². The maximum atomic E-state index is 8.93. The molecule has 0 radical (unpaired) electrons. The van der Waals surface area contributed by atoms with Crippen LogP contribution < -0.4 is 4.74 Å². The highest BCUT2D eigenvalue weighted by Gasteiger charge is 2.08. The van der Waals surface area contributed by atoms with Crippen molar-refractivity contribution in [1.29, 1.82) is 5.26 Å². The molecule has 0 unspecified atom stereocenters. The quantitative estimate of drug-likeness (QED) is 0.730. The van der Waals surface area contributed by atoms with Crippen LogP contribution in [0.1, 0.15) is 44.2 Å². The van der Waals surface area contributed by atoms with Gasteiger partial charge in [-0.15, -0.1) is 0 Å². The number of methoxy groups -OCH3 is 1. The topological polar surface area (TPSA) is 45.4 Å². The zero-order valence-electron chi connectivity index (χ0n) is 11.6. The van der Waals surface area contributed by atoms with Gasteiger partial charge in [0.15, 0.2) is 0 Å². The molecule has 0 aliphatic rings. The van der Waals surface area contributed by atoms with Crippen molar-refractivity contribution in [2.45, 2.75) is 40.0 Å². The van der Waals surface area contributed by atoms with Gasteiger partial charge in [0, 0.05) is 11.8 Å². The van der Waals surface area contributed by atoms with Gasteiger partial charge in [-0.25, -0.2) is 0 Å². The summed E-state index contributed by atoms with van der Waals surface area (Å²) in [4.78, 5) is 4.62. The van der Waals surface area contributed by atoms with Crippen LogP contribution in [0, 0.1) is 18.3 Å². The Balaban J connectivity index is 3.12. The molecule has 0 bridgehead atoms. The number of rotatable bonds is 5. The van der Waals surface area contributed by atoms with Crippen molar-refractivity contribution >= 4 is 11.4 Å². The zero-order chi connectivity index (χ0) is 13.5. The molecule has 1 aromatic carbocycles. The lowest BCUT2D eigenvalue weighted by atomic mass is 10.1. The van der Waals surface area contributed by atoms with Crippen molar-refractivity contribution in [3.8, 4) is 11.8 Å². The molecule has 0 aromatic heterocycles. The molecule has 0 heterocycles. The van der Waals surface area contributed by atoms with E-state index < -0.39 is 0 Å². The molecule has 0 amide bonds. The molecule has 0 aliphatic heterocycles. The summed E-state index contributed by atoms with van der Waals surface area (Å²) < 4.78 is 5.32. The number of ether oxygens (including phenoxy) is 1. The second kappa shape index (κ2) is 6.80. The summed E-state index contributed by atoms with van der Waals surface area (Å²) in [5, 5.41) is 8.93.